The first-order valence-electron chi connectivity index (χ1n) is 8.53. The lowest BCUT2D eigenvalue weighted by molar-refractivity contribution is -0.137. The average molecular weight is 383 g/mol. The zero-order chi connectivity index (χ0) is 19.5. The van der Waals surface area contributed by atoms with Crippen LogP contribution in [-0.2, 0) is 19.3 Å². The summed E-state index contributed by atoms with van der Waals surface area (Å²) in [7, 11) is 0. The van der Waals surface area contributed by atoms with Gasteiger partial charge in [0.1, 0.15) is 0 Å². The standard InChI is InChI=1S/C17H20F3N5O2/c18-17(19,20)13-3-1-12(2-4-13)9-22-15(26)14-10-25(24-23-14)11-16(27)5-7-21-8-6-16/h1-4,10,21,27H,5-9,11H2,(H,22,26). The number of alkyl halides is 3. The van der Waals surface area contributed by atoms with Gasteiger partial charge in [-0.15, -0.1) is 5.10 Å². The second-order valence-corrected chi connectivity index (χ2v) is 6.65. The summed E-state index contributed by atoms with van der Waals surface area (Å²) in [5.41, 5.74) is -1.00. The van der Waals surface area contributed by atoms with Crippen molar-refractivity contribution < 1.29 is 23.1 Å². The molecule has 2 aromatic rings. The molecule has 0 radical (unpaired) electrons. The number of hydrogen-bond donors (Lipinski definition) is 3. The molecule has 0 aliphatic carbocycles. The van der Waals surface area contributed by atoms with Crippen molar-refractivity contribution >= 4 is 5.91 Å². The van der Waals surface area contributed by atoms with Crippen LogP contribution in [-0.4, -0.2) is 44.7 Å². The summed E-state index contributed by atoms with van der Waals surface area (Å²) in [4.78, 5) is 12.2. The molecule has 1 saturated heterocycles. The van der Waals surface area contributed by atoms with E-state index in [1.165, 1.54) is 23.0 Å². The van der Waals surface area contributed by atoms with E-state index in [2.05, 4.69) is 20.9 Å². The molecular formula is C17H20F3N5O2. The first-order chi connectivity index (χ1) is 12.8. The SMILES string of the molecule is O=C(NCc1ccc(C(F)(F)F)cc1)c1cn(CC2(O)CCNCC2)nn1. The van der Waals surface area contributed by atoms with Crippen LogP contribution in [0.4, 0.5) is 13.2 Å². The normalized spacial score (nSPS) is 16.9. The summed E-state index contributed by atoms with van der Waals surface area (Å²) in [5.74, 6) is -0.488. The number of nitrogens with zero attached hydrogens (tertiary/aromatic N) is 3. The van der Waals surface area contributed by atoms with Gasteiger partial charge in [-0.3, -0.25) is 4.79 Å². The highest BCUT2D eigenvalue weighted by molar-refractivity contribution is 5.91. The minimum absolute atomic E-state index is 0.0689. The van der Waals surface area contributed by atoms with Crippen molar-refractivity contribution in [2.45, 2.75) is 37.7 Å². The first-order valence-corrected chi connectivity index (χ1v) is 8.53. The van der Waals surface area contributed by atoms with Crippen LogP contribution in [0.25, 0.3) is 0 Å². The van der Waals surface area contributed by atoms with Gasteiger partial charge < -0.3 is 15.7 Å². The fourth-order valence-corrected chi connectivity index (χ4v) is 2.92. The Morgan fingerprint density at radius 2 is 1.93 bits per heavy atom. The Kier molecular flexibility index (Phi) is 5.47. The number of halogens is 3. The predicted molar refractivity (Wildman–Crippen MR) is 89.7 cm³/mol. The number of amides is 1. The van der Waals surface area contributed by atoms with Crippen LogP contribution >= 0.6 is 0 Å². The third-order valence-corrected chi connectivity index (χ3v) is 4.50. The zero-order valence-corrected chi connectivity index (χ0v) is 14.5. The summed E-state index contributed by atoms with van der Waals surface area (Å²) in [6.07, 6.45) is -1.77. The fourth-order valence-electron chi connectivity index (χ4n) is 2.92. The highest BCUT2D eigenvalue weighted by Crippen LogP contribution is 2.29. The van der Waals surface area contributed by atoms with Gasteiger partial charge in [-0.2, -0.15) is 13.2 Å². The maximum Gasteiger partial charge on any atom is 0.416 e. The van der Waals surface area contributed by atoms with Crippen molar-refractivity contribution in [3.05, 3.63) is 47.3 Å². The van der Waals surface area contributed by atoms with Crippen molar-refractivity contribution in [1.29, 1.82) is 0 Å². The Morgan fingerprint density at radius 1 is 1.26 bits per heavy atom. The average Bonchev–Trinajstić information content (AvgIpc) is 3.07. The molecule has 1 aliphatic heterocycles. The van der Waals surface area contributed by atoms with Gasteiger partial charge in [-0.25, -0.2) is 4.68 Å². The molecule has 0 saturated carbocycles. The van der Waals surface area contributed by atoms with Crippen LogP contribution in [0.1, 0.15) is 34.5 Å². The van der Waals surface area contributed by atoms with E-state index >= 15 is 0 Å². The molecule has 27 heavy (non-hydrogen) atoms. The Labute approximate surface area is 153 Å². The van der Waals surface area contributed by atoms with Crippen LogP contribution in [0.5, 0.6) is 0 Å². The summed E-state index contributed by atoms with van der Waals surface area (Å²) in [6.45, 7) is 1.74. The molecule has 0 atom stereocenters. The van der Waals surface area contributed by atoms with Gasteiger partial charge >= 0.3 is 6.18 Å². The van der Waals surface area contributed by atoms with Gasteiger partial charge in [0, 0.05) is 6.54 Å². The van der Waals surface area contributed by atoms with E-state index < -0.39 is 23.2 Å². The molecule has 3 N–H and O–H groups in total. The van der Waals surface area contributed by atoms with Crippen LogP contribution in [0, 0.1) is 0 Å². The molecule has 7 nitrogen and oxygen atoms in total. The van der Waals surface area contributed by atoms with E-state index in [-0.39, 0.29) is 18.8 Å². The number of aliphatic hydroxyl groups is 1. The van der Waals surface area contributed by atoms with E-state index in [1.54, 1.807) is 0 Å². The van der Waals surface area contributed by atoms with Crippen LogP contribution < -0.4 is 10.6 Å². The minimum Gasteiger partial charge on any atom is -0.388 e. The predicted octanol–water partition coefficient (Wildman–Crippen LogP) is 1.34. The Morgan fingerprint density at radius 3 is 2.56 bits per heavy atom. The zero-order valence-electron chi connectivity index (χ0n) is 14.5. The summed E-state index contributed by atoms with van der Waals surface area (Å²) < 4.78 is 39.1. The molecule has 0 bridgehead atoms. The van der Waals surface area contributed by atoms with Crippen molar-refractivity contribution in [2.75, 3.05) is 13.1 Å². The van der Waals surface area contributed by atoms with Crippen LogP contribution in [0.3, 0.4) is 0 Å². The van der Waals surface area contributed by atoms with Crippen LogP contribution in [0.2, 0.25) is 0 Å². The van der Waals surface area contributed by atoms with Crippen molar-refractivity contribution in [3.8, 4) is 0 Å². The number of nitrogens with one attached hydrogen (secondary N) is 2. The lowest BCUT2D eigenvalue weighted by Gasteiger charge is -2.32. The second-order valence-electron chi connectivity index (χ2n) is 6.65. The Hall–Kier alpha value is -2.46. The van der Waals surface area contributed by atoms with Crippen LogP contribution in [0.15, 0.2) is 30.5 Å². The molecule has 1 aliphatic rings. The summed E-state index contributed by atoms with van der Waals surface area (Å²) >= 11 is 0. The highest BCUT2D eigenvalue weighted by atomic mass is 19.4. The Balaban J connectivity index is 1.55. The molecule has 146 valence electrons. The van der Waals surface area contributed by atoms with Gasteiger partial charge in [0.05, 0.1) is 23.9 Å². The van der Waals surface area contributed by atoms with Gasteiger partial charge in [0.15, 0.2) is 5.69 Å². The van der Waals surface area contributed by atoms with Gasteiger partial charge in [-0.05, 0) is 43.6 Å². The number of benzene rings is 1. The number of hydrogen-bond acceptors (Lipinski definition) is 5. The van der Waals surface area contributed by atoms with Gasteiger partial charge in [0.2, 0.25) is 0 Å². The number of carbonyl (C=O) groups excluding carboxylic acids is 1. The Bertz CT molecular complexity index is 783. The van der Waals surface area contributed by atoms with E-state index in [0.717, 1.165) is 12.1 Å². The van der Waals surface area contributed by atoms with E-state index in [9.17, 15) is 23.1 Å². The fraction of sp³-hybridized carbons (Fsp3) is 0.471. The van der Waals surface area contributed by atoms with Gasteiger partial charge in [0.25, 0.3) is 5.91 Å². The molecule has 1 amide bonds. The third kappa shape index (κ3) is 5.04. The number of carbonyl (C=O) groups is 1. The molecule has 0 unspecified atom stereocenters. The number of piperidine rings is 1. The topological polar surface area (TPSA) is 92.1 Å². The number of aromatic nitrogens is 3. The third-order valence-electron chi connectivity index (χ3n) is 4.50. The molecule has 0 spiro atoms. The molecule has 1 aromatic heterocycles. The maximum atomic E-state index is 12.5. The smallest absolute Gasteiger partial charge is 0.388 e. The lowest BCUT2D eigenvalue weighted by atomic mass is 9.92. The highest BCUT2D eigenvalue weighted by Gasteiger charge is 2.31. The largest absolute Gasteiger partial charge is 0.416 e. The van der Waals surface area contributed by atoms with E-state index in [0.29, 0.717) is 31.5 Å². The van der Waals surface area contributed by atoms with Crippen molar-refractivity contribution in [2.24, 2.45) is 0 Å². The van der Waals surface area contributed by atoms with E-state index in [1.807, 2.05) is 0 Å². The molecule has 2 heterocycles. The molecule has 1 fully saturated rings. The number of rotatable bonds is 5. The van der Waals surface area contributed by atoms with Crippen molar-refractivity contribution in [1.82, 2.24) is 25.6 Å². The van der Waals surface area contributed by atoms with Crippen molar-refractivity contribution in [3.63, 3.8) is 0 Å². The quantitative estimate of drug-likeness (QED) is 0.725. The molecule has 1 aromatic carbocycles. The molecular weight excluding hydrogens is 363 g/mol. The minimum atomic E-state index is -4.39. The maximum absolute atomic E-state index is 12.5. The summed E-state index contributed by atoms with van der Waals surface area (Å²) in [6, 6.07) is 4.56. The monoisotopic (exact) mass is 383 g/mol. The first kappa shape index (κ1) is 19.3. The van der Waals surface area contributed by atoms with Gasteiger partial charge in [-0.1, -0.05) is 17.3 Å². The van der Waals surface area contributed by atoms with E-state index in [4.69, 9.17) is 0 Å². The molecule has 10 heteroatoms. The summed E-state index contributed by atoms with van der Waals surface area (Å²) in [5, 5.41) is 23.9. The lowest BCUT2D eigenvalue weighted by Crippen LogP contribution is -2.44. The molecule has 3 rings (SSSR count). The second kappa shape index (κ2) is 7.65.